The van der Waals surface area contributed by atoms with E-state index in [4.69, 9.17) is 9.47 Å². The average molecular weight is 500 g/mol. The summed E-state index contributed by atoms with van der Waals surface area (Å²) in [5.41, 5.74) is 2.29. The average Bonchev–Trinajstić information content (AvgIpc) is 3.16. The van der Waals surface area contributed by atoms with Crippen molar-refractivity contribution in [2.24, 2.45) is 0 Å². The third-order valence-electron chi connectivity index (χ3n) is 5.89. The van der Waals surface area contributed by atoms with E-state index in [9.17, 15) is 14.0 Å². The molecule has 0 spiro atoms. The molecule has 1 aliphatic rings. The van der Waals surface area contributed by atoms with Crippen molar-refractivity contribution in [2.75, 3.05) is 7.11 Å². The summed E-state index contributed by atoms with van der Waals surface area (Å²) < 4.78 is 24.7. The number of amides is 2. The maximum Gasteiger partial charge on any atom is 0.293 e. The molecular formula is C29H22FNO4S. The normalized spacial score (nSPS) is 14.6. The number of nitrogens with zero attached hydrogens (tertiary/aromatic N) is 1. The number of hydrogen-bond donors (Lipinski definition) is 0. The Hall–Kier alpha value is -4.10. The molecule has 5 rings (SSSR count). The van der Waals surface area contributed by atoms with Gasteiger partial charge in [-0.2, -0.15) is 0 Å². The fourth-order valence-corrected chi connectivity index (χ4v) is 4.91. The first-order valence-corrected chi connectivity index (χ1v) is 12.1. The molecule has 0 aromatic heterocycles. The number of hydrogen-bond acceptors (Lipinski definition) is 5. The van der Waals surface area contributed by atoms with E-state index in [1.807, 2.05) is 42.5 Å². The number of carbonyl (C=O) groups excluding carboxylic acids is 2. The second-order valence-electron chi connectivity index (χ2n) is 8.20. The first kappa shape index (κ1) is 23.6. The maximum atomic E-state index is 13.2. The van der Waals surface area contributed by atoms with E-state index in [2.05, 4.69) is 0 Å². The van der Waals surface area contributed by atoms with Gasteiger partial charge in [0.15, 0.2) is 11.5 Å². The zero-order valence-corrected chi connectivity index (χ0v) is 20.3. The summed E-state index contributed by atoms with van der Waals surface area (Å²) in [6.45, 7) is 0.374. The van der Waals surface area contributed by atoms with Crippen LogP contribution >= 0.6 is 11.8 Å². The maximum absolute atomic E-state index is 13.2. The highest BCUT2D eigenvalue weighted by molar-refractivity contribution is 8.18. The summed E-state index contributed by atoms with van der Waals surface area (Å²) >= 11 is 0.900. The van der Waals surface area contributed by atoms with Gasteiger partial charge in [0, 0.05) is 5.56 Å². The largest absolute Gasteiger partial charge is 0.493 e. The fraction of sp³-hybridized carbons (Fsp3) is 0.103. The molecule has 1 fully saturated rings. The summed E-state index contributed by atoms with van der Waals surface area (Å²) in [5, 5.41) is 1.74. The number of thioether (sulfide) groups is 1. The van der Waals surface area contributed by atoms with Crippen molar-refractivity contribution in [3.8, 4) is 11.5 Å². The van der Waals surface area contributed by atoms with E-state index >= 15 is 0 Å². The SMILES string of the molecule is COc1cccc(/C=C2\SC(=O)N(Cc3cccc4ccccc34)C2=O)c1OCc1ccc(F)cc1. The van der Waals surface area contributed by atoms with Crippen molar-refractivity contribution in [2.45, 2.75) is 13.2 Å². The van der Waals surface area contributed by atoms with Gasteiger partial charge in [0.25, 0.3) is 11.1 Å². The predicted molar refractivity (Wildman–Crippen MR) is 139 cm³/mol. The Morgan fingerprint density at radius 2 is 1.67 bits per heavy atom. The summed E-state index contributed by atoms with van der Waals surface area (Å²) in [6, 6.07) is 25.1. The zero-order chi connectivity index (χ0) is 25.1. The van der Waals surface area contributed by atoms with Gasteiger partial charge in [0.05, 0.1) is 18.6 Å². The molecule has 7 heteroatoms. The van der Waals surface area contributed by atoms with Crippen LogP contribution in [0.5, 0.6) is 11.5 Å². The number of methoxy groups -OCH3 is 1. The molecule has 180 valence electrons. The minimum absolute atomic E-state index is 0.185. The lowest BCUT2D eigenvalue weighted by molar-refractivity contribution is -0.123. The molecule has 5 nitrogen and oxygen atoms in total. The first-order valence-electron chi connectivity index (χ1n) is 11.3. The molecule has 36 heavy (non-hydrogen) atoms. The molecule has 0 radical (unpaired) electrons. The fourth-order valence-electron chi connectivity index (χ4n) is 4.08. The van der Waals surface area contributed by atoms with E-state index in [1.165, 1.54) is 24.1 Å². The highest BCUT2D eigenvalue weighted by Gasteiger charge is 2.35. The molecule has 0 unspecified atom stereocenters. The Balaban J connectivity index is 1.41. The van der Waals surface area contributed by atoms with Crippen molar-refractivity contribution < 1.29 is 23.5 Å². The number of ether oxygens (including phenoxy) is 2. The van der Waals surface area contributed by atoms with Gasteiger partial charge in [-0.3, -0.25) is 14.5 Å². The van der Waals surface area contributed by atoms with Gasteiger partial charge in [-0.1, -0.05) is 66.7 Å². The quantitative estimate of drug-likeness (QED) is 0.262. The Bertz CT molecular complexity index is 1480. The van der Waals surface area contributed by atoms with Crippen LogP contribution in [0.2, 0.25) is 0 Å². The van der Waals surface area contributed by atoms with E-state index in [1.54, 1.807) is 36.4 Å². The molecule has 0 saturated carbocycles. The van der Waals surface area contributed by atoms with Crippen LogP contribution in [-0.2, 0) is 17.9 Å². The lowest BCUT2D eigenvalue weighted by Gasteiger charge is -2.15. The third kappa shape index (κ3) is 4.83. The molecule has 1 aliphatic heterocycles. The van der Waals surface area contributed by atoms with Gasteiger partial charge in [0.2, 0.25) is 0 Å². The van der Waals surface area contributed by atoms with Gasteiger partial charge in [-0.05, 0) is 57.9 Å². The van der Waals surface area contributed by atoms with Crippen molar-refractivity contribution >= 4 is 39.8 Å². The smallest absolute Gasteiger partial charge is 0.293 e. The second-order valence-corrected chi connectivity index (χ2v) is 9.19. The molecule has 0 aliphatic carbocycles. The van der Waals surface area contributed by atoms with Crippen LogP contribution in [0.25, 0.3) is 16.8 Å². The van der Waals surface area contributed by atoms with Crippen molar-refractivity contribution in [3.05, 3.63) is 112 Å². The minimum Gasteiger partial charge on any atom is -0.493 e. The molecule has 4 aromatic carbocycles. The molecular weight excluding hydrogens is 477 g/mol. The van der Waals surface area contributed by atoms with Crippen LogP contribution in [0, 0.1) is 5.82 Å². The lowest BCUT2D eigenvalue weighted by Crippen LogP contribution is -2.27. The Kier molecular flexibility index (Phi) is 6.73. The van der Waals surface area contributed by atoms with Crippen LogP contribution in [0.1, 0.15) is 16.7 Å². The van der Waals surface area contributed by atoms with Crippen molar-refractivity contribution in [1.29, 1.82) is 0 Å². The molecule has 1 heterocycles. The summed E-state index contributed by atoms with van der Waals surface area (Å²) in [7, 11) is 1.53. The predicted octanol–water partition coefficient (Wildman–Crippen LogP) is 6.80. The van der Waals surface area contributed by atoms with Crippen molar-refractivity contribution in [1.82, 2.24) is 4.90 Å². The van der Waals surface area contributed by atoms with E-state index in [0.717, 1.165) is 33.7 Å². The summed E-state index contributed by atoms with van der Waals surface area (Å²) in [6.07, 6.45) is 1.65. The Labute approximate surface area is 212 Å². The lowest BCUT2D eigenvalue weighted by atomic mass is 10.0. The highest BCUT2D eigenvalue weighted by Crippen LogP contribution is 2.38. The standard InChI is InChI=1S/C29H22FNO4S/c1-34-25-11-5-8-21(27(25)35-18-19-12-14-23(30)15-13-19)16-26-28(32)31(29(33)36-26)17-22-9-4-7-20-6-2-3-10-24(20)22/h2-16H,17-18H2,1H3/b26-16-. The molecule has 2 amide bonds. The van der Waals surface area contributed by atoms with Gasteiger partial charge in [-0.15, -0.1) is 0 Å². The number of para-hydroxylation sites is 1. The number of benzene rings is 4. The van der Waals surface area contributed by atoms with Gasteiger partial charge >= 0.3 is 0 Å². The number of carbonyl (C=O) groups is 2. The Morgan fingerprint density at radius 1 is 0.917 bits per heavy atom. The van der Waals surface area contributed by atoms with Gasteiger partial charge < -0.3 is 9.47 Å². The topological polar surface area (TPSA) is 55.8 Å². The molecule has 0 N–H and O–H groups in total. The first-order chi connectivity index (χ1) is 17.5. The summed E-state index contributed by atoms with van der Waals surface area (Å²) in [5.74, 6) is 0.243. The Morgan fingerprint density at radius 3 is 2.47 bits per heavy atom. The molecule has 0 bridgehead atoms. The number of imide groups is 1. The van der Waals surface area contributed by atoms with Crippen LogP contribution in [0.4, 0.5) is 9.18 Å². The highest BCUT2D eigenvalue weighted by atomic mass is 32.2. The van der Waals surface area contributed by atoms with E-state index in [-0.39, 0.29) is 30.1 Å². The third-order valence-corrected chi connectivity index (χ3v) is 6.80. The molecule has 0 atom stereocenters. The number of halogens is 1. The minimum atomic E-state index is -0.356. The number of fused-ring (bicyclic) bond motifs is 1. The van der Waals surface area contributed by atoms with E-state index in [0.29, 0.717) is 22.0 Å². The zero-order valence-electron chi connectivity index (χ0n) is 19.4. The van der Waals surface area contributed by atoms with Crippen molar-refractivity contribution in [3.63, 3.8) is 0 Å². The second kappa shape index (κ2) is 10.3. The summed E-state index contributed by atoms with van der Waals surface area (Å²) in [4.78, 5) is 27.6. The monoisotopic (exact) mass is 499 g/mol. The van der Waals surface area contributed by atoms with Gasteiger partial charge in [-0.25, -0.2) is 4.39 Å². The van der Waals surface area contributed by atoms with E-state index < -0.39 is 0 Å². The van der Waals surface area contributed by atoms with Crippen LogP contribution in [0.15, 0.2) is 89.8 Å². The van der Waals surface area contributed by atoms with Gasteiger partial charge in [0.1, 0.15) is 12.4 Å². The number of rotatable bonds is 7. The molecule has 1 saturated heterocycles. The molecule has 4 aromatic rings. The van der Waals surface area contributed by atoms with Crippen LogP contribution in [-0.4, -0.2) is 23.2 Å². The van der Waals surface area contributed by atoms with Crippen LogP contribution < -0.4 is 9.47 Å². The van der Waals surface area contributed by atoms with Crippen LogP contribution in [0.3, 0.4) is 0 Å².